The Morgan fingerprint density at radius 1 is 1.00 bits per heavy atom. The predicted octanol–water partition coefficient (Wildman–Crippen LogP) is -1.89. The fourth-order valence-electron chi connectivity index (χ4n) is 2.47. The Balaban J connectivity index is 0. The summed E-state index contributed by atoms with van der Waals surface area (Å²) in [6, 6.07) is 0. The van der Waals surface area contributed by atoms with Gasteiger partial charge in [-0.25, -0.2) is 9.59 Å². The molecule has 1 saturated heterocycles. The van der Waals surface area contributed by atoms with Gasteiger partial charge in [0.25, 0.3) is 11.8 Å². The lowest BCUT2D eigenvalue weighted by Gasteiger charge is -2.12. The zero-order valence-corrected chi connectivity index (χ0v) is 23.6. The Kier molecular flexibility index (Phi) is 20.8. The van der Waals surface area contributed by atoms with E-state index < -0.39 is 48.7 Å². The van der Waals surface area contributed by atoms with Crippen molar-refractivity contribution in [2.45, 2.75) is 52.7 Å². The number of carbonyl (C=O) groups is 7. The van der Waals surface area contributed by atoms with Crippen LogP contribution in [0.25, 0.3) is 0 Å². The summed E-state index contributed by atoms with van der Waals surface area (Å²) in [7, 11) is 1.51. The summed E-state index contributed by atoms with van der Waals surface area (Å²) in [4.78, 5) is 76.0. The molecule has 0 radical (unpaired) electrons. The number of esters is 3. The fourth-order valence-corrected chi connectivity index (χ4v) is 2.47. The summed E-state index contributed by atoms with van der Waals surface area (Å²) in [6.07, 6.45) is -0.816. The molecular weight excluding hydrogens is 534 g/mol. The van der Waals surface area contributed by atoms with Crippen molar-refractivity contribution in [3.8, 4) is 0 Å². The van der Waals surface area contributed by atoms with Crippen molar-refractivity contribution in [3.63, 3.8) is 0 Å². The van der Waals surface area contributed by atoms with Crippen molar-refractivity contribution >= 4 is 41.7 Å². The SMILES string of the molecule is C=C(CCCNC(=O)[C@H](C)OC(C)=O)CNC(=O)CO.CC(=O)O[C@@H](C)C(=O)NCCN.CN1CC(=O)OC1=O. The van der Waals surface area contributed by atoms with Gasteiger partial charge >= 0.3 is 24.0 Å². The molecule has 0 aromatic rings. The van der Waals surface area contributed by atoms with Gasteiger partial charge in [-0.3, -0.25) is 28.9 Å². The van der Waals surface area contributed by atoms with E-state index >= 15 is 0 Å². The van der Waals surface area contributed by atoms with E-state index in [1.165, 1.54) is 39.6 Å². The van der Waals surface area contributed by atoms with Gasteiger partial charge in [0.15, 0.2) is 12.2 Å². The second-order valence-corrected chi connectivity index (χ2v) is 8.26. The Labute approximate surface area is 232 Å². The van der Waals surface area contributed by atoms with Gasteiger partial charge in [-0.2, -0.15) is 0 Å². The van der Waals surface area contributed by atoms with Crippen molar-refractivity contribution in [1.29, 1.82) is 0 Å². The van der Waals surface area contributed by atoms with E-state index in [2.05, 4.69) is 32.0 Å². The standard InChI is InChI=1S/C13H22N2O5.C7H14N2O3.C4H5NO3/c1-9(7-15-12(18)8-16)5-4-6-14-13(19)10(2)20-11(3)17;1-5(12-6(2)10)7(11)9-4-3-8;1-5-2-3(6)8-4(5)7/h10,16H,1,4-8H2,2-3H3,(H,14,19)(H,15,18);5H,3-4,8H2,1-2H3,(H,9,11);2H2,1H3/t10-;5-;/m00./s1. The van der Waals surface area contributed by atoms with E-state index in [0.717, 1.165) is 5.57 Å². The van der Waals surface area contributed by atoms with Crippen LogP contribution in [-0.2, 0) is 43.0 Å². The molecule has 1 fully saturated rings. The number of nitrogens with two attached hydrogens (primary N) is 1. The number of nitrogens with zero attached hydrogens (tertiary/aromatic N) is 1. The molecule has 0 aromatic heterocycles. The van der Waals surface area contributed by atoms with Crippen LogP contribution in [0.1, 0.15) is 40.5 Å². The third-order valence-electron chi connectivity index (χ3n) is 4.43. The second-order valence-electron chi connectivity index (χ2n) is 8.26. The third-order valence-corrected chi connectivity index (χ3v) is 4.43. The van der Waals surface area contributed by atoms with Gasteiger partial charge in [0, 0.05) is 47.1 Å². The summed E-state index contributed by atoms with van der Waals surface area (Å²) in [5.41, 5.74) is 5.96. The highest BCUT2D eigenvalue weighted by atomic mass is 16.6. The molecule has 228 valence electrons. The highest BCUT2D eigenvalue weighted by molar-refractivity contribution is 5.92. The van der Waals surface area contributed by atoms with E-state index in [-0.39, 0.29) is 18.4 Å². The number of aliphatic hydroxyl groups is 1. The van der Waals surface area contributed by atoms with Crippen molar-refractivity contribution in [1.82, 2.24) is 20.9 Å². The minimum absolute atomic E-state index is 0.0822. The minimum Gasteiger partial charge on any atom is -0.453 e. The highest BCUT2D eigenvalue weighted by Gasteiger charge is 2.25. The molecular formula is C24H41N5O11. The van der Waals surface area contributed by atoms with Crippen molar-refractivity contribution in [2.75, 3.05) is 46.4 Å². The van der Waals surface area contributed by atoms with Gasteiger partial charge < -0.3 is 41.0 Å². The second kappa shape index (κ2) is 21.8. The van der Waals surface area contributed by atoms with Gasteiger partial charge in [0.05, 0.1) is 0 Å². The van der Waals surface area contributed by atoms with E-state index in [0.29, 0.717) is 39.0 Å². The number of rotatable bonds is 13. The lowest BCUT2D eigenvalue weighted by atomic mass is 10.1. The minimum atomic E-state index is -0.806. The molecule has 1 aliphatic heterocycles. The first-order valence-electron chi connectivity index (χ1n) is 12.2. The number of likely N-dealkylation sites (N-methyl/N-ethyl adjacent to an activating group) is 1. The molecule has 0 spiro atoms. The van der Waals surface area contributed by atoms with Gasteiger partial charge in [-0.1, -0.05) is 12.2 Å². The maximum absolute atomic E-state index is 11.5. The average Bonchev–Trinajstić information content (AvgIpc) is 3.17. The maximum atomic E-state index is 11.5. The molecule has 1 rings (SSSR count). The monoisotopic (exact) mass is 575 g/mol. The highest BCUT2D eigenvalue weighted by Crippen LogP contribution is 2.01. The largest absolute Gasteiger partial charge is 0.453 e. The van der Waals surface area contributed by atoms with E-state index in [1.807, 2.05) is 0 Å². The molecule has 40 heavy (non-hydrogen) atoms. The van der Waals surface area contributed by atoms with Crippen LogP contribution in [0.15, 0.2) is 12.2 Å². The van der Waals surface area contributed by atoms with Gasteiger partial charge in [-0.15, -0.1) is 0 Å². The molecule has 4 amide bonds. The quantitative estimate of drug-likeness (QED) is 0.0533. The first-order chi connectivity index (χ1) is 18.6. The number of amides is 4. The lowest BCUT2D eigenvalue weighted by Crippen LogP contribution is -2.37. The number of hydrogen-bond acceptors (Lipinski definition) is 12. The molecule has 0 saturated carbocycles. The summed E-state index contributed by atoms with van der Waals surface area (Å²) in [5.74, 6) is -2.56. The van der Waals surface area contributed by atoms with Crippen LogP contribution < -0.4 is 21.7 Å². The van der Waals surface area contributed by atoms with Crippen molar-refractivity contribution < 1.29 is 52.9 Å². The molecule has 2 atom stereocenters. The van der Waals surface area contributed by atoms with Crippen LogP contribution in [0, 0.1) is 0 Å². The summed E-state index contributed by atoms with van der Waals surface area (Å²) in [6.45, 7) is 10.3. The average molecular weight is 576 g/mol. The number of cyclic esters (lactones) is 2. The molecule has 6 N–H and O–H groups in total. The molecule has 16 nitrogen and oxygen atoms in total. The van der Waals surface area contributed by atoms with Crippen LogP contribution in [0.5, 0.6) is 0 Å². The van der Waals surface area contributed by atoms with Crippen LogP contribution >= 0.6 is 0 Å². The first kappa shape index (κ1) is 38.1. The molecule has 0 bridgehead atoms. The van der Waals surface area contributed by atoms with Gasteiger partial charge in [0.1, 0.15) is 13.2 Å². The Hall–Kier alpha value is -4.05. The zero-order chi connectivity index (χ0) is 31.3. The predicted molar refractivity (Wildman–Crippen MR) is 140 cm³/mol. The number of ether oxygens (including phenoxy) is 3. The molecule has 1 heterocycles. The van der Waals surface area contributed by atoms with Crippen LogP contribution in [-0.4, -0.2) is 110 Å². The molecule has 0 aromatic carbocycles. The van der Waals surface area contributed by atoms with Crippen molar-refractivity contribution in [2.24, 2.45) is 5.73 Å². The van der Waals surface area contributed by atoms with E-state index in [9.17, 15) is 33.6 Å². The Morgan fingerprint density at radius 2 is 1.50 bits per heavy atom. The van der Waals surface area contributed by atoms with Crippen LogP contribution in [0.2, 0.25) is 0 Å². The van der Waals surface area contributed by atoms with Crippen LogP contribution in [0.4, 0.5) is 4.79 Å². The molecule has 1 aliphatic rings. The number of carbonyl (C=O) groups excluding carboxylic acids is 7. The summed E-state index contributed by atoms with van der Waals surface area (Å²) >= 11 is 0. The zero-order valence-electron chi connectivity index (χ0n) is 23.6. The van der Waals surface area contributed by atoms with E-state index in [4.69, 9.17) is 15.6 Å². The third kappa shape index (κ3) is 20.9. The Bertz CT molecular complexity index is 894. The van der Waals surface area contributed by atoms with E-state index in [1.54, 1.807) is 0 Å². The van der Waals surface area contributed by atoms with Gasteiger partial charge in [-0.05, 0) is 26.7 Å². The summed E-state index contributed by atoms with van der Waals surface area (Å²) < 4.78 is 13.5. The fraction of sp³-hybridized carbons (Fsp3) is 0.625. The number of nitrogens with one attached hydrogen (secondary N) is 3. The smallest absolute Gasteiger partial charge is 0.417 e. The molecule has 0 aliphatic carbocycles. The topological polar surface area (TPSA) is 233 Å². The number of aliphatic hydroxyl groups excluding tert-OH is 1. The maximum Gasteiger partial charge on any atom is 0.417 e. The lowest BCUT2D eigenvalue weighted by molar-refractivity contribution is -0.152. The van der Waals surface area contributed by atoms with Crippen molar-refractivity contribution in [3.05, 3.63) is 12.2 Å². The normalized spacial score (nSPS) is 13.1. The van der Waals surface area contributed by atoms with Gasteiger partial charge in [0.2, 0.25) is 5.91 Å². The Morgan fingerprint density at radius 3 is 1.85 bits per heavy atom. The van der Waals surface area contributed by atoms with Crippen LogP contribution in [0.3, 0.4) is 0 Å². The molecule has 0 unspecified atom stereocenters. The number of hydrogen-bond donors (Lipinski definition) is 5. The molecule has 16 heteroatoms. The summed E-state index contributed by atoms with van der Waals surface area (Å²) in [5, 5.41) is 16.1. The first-order valence-corrected chi connectivity index (χ1v) is 12.2.